The molecule has 1 atom stereocenters. The van der Waals surface area contributed by atoms with E-state index in [1.165, 1.54) is 12.1 Å². The van der Waals surface area contributed by atoms with E-state index in [1.54, 1.807) is 12.1 Å². The minimum absolute atomic E-state index is 0.341. The van der Waals surface area contributed by atoms with Gasteiger partial charge in [-0.15, -0.1) is 0 Å². The molecule has 0 radical (unpaired) electrons. The molecule has 0 bridgehead atoms. The molecule has 1 aromatic rings. The summed E-state index contributed by atoms with van der Waals surface area (Å²) >= 11 is 0. The van der Waals surface area contributed by atoms with Crippen molar-refractivity contribution in [2.75, 3.05) is 13.1 Å². The maximum Gasteiger partial charge on any atom is 0.325 e. The average Bonchev–Trinajstić information content (AvgIpc) is 2.43. The monoisotopic (exact) mass is 281 g/mol. The molecule has 0 aromatic heterocycles. The van der Waals surface area contributed by atoms with Gasteiger partial charge in [-0.1, -0.05) is 38.8 Å². The molecule has 0 spiro atoms. The lowest BCUT2D eigenvalue weighted by atomic mass is 10.0. The number of carboxylic acid groups (broad SMARTS) is 1. The molecule has 0 fully saturated rings. The SMILES string of the molecule is CCCCN(CCCC)C(C(=O)O)c1ccc(F)cc1. The Morgan fingerprint density at radius 3 is 2.05 bits per heavy atom. The van der Waals surface area contributed by atoms with E-state index in [4.69, 9.17) is 0 Å². The number of halogens is 1. The molecule has 4 heteroatoms. The zero-order valence-corrected chi connectivity index (χ0v) is 12.3. The Morgan fingerprint density at radius 2 is 1.65 bits per heavy atom. The van der Waals surface area contributed by atoms with Crippen LogP contribution >= 0.6 is 0 Å². The first kappa shape index (κ1) is 16.6. The van der Waals surface area contributed by atoms with Crippen molar-refractivity contribution in [3.63, 3.8) is 0 Å². The zero-order valence-electron chi connectivity index (χ0n) is 12.3. The fourth-order valence-electron chi connectivity index (χ4n) is 2.25. The summed E-state index contributed by atoms with van der Waals surface area (Å²) in [5.74, 6) is -1.21. The van der Waals surface area contributed by atoms with E-state index in [9.17, 15) is 14.3 Å². The third kappa shape index (κ3) is 4.93. The van der Waals surface area contributed by atoms with E-state index in [0.29, 0.717) is 5.56 Å². The van der Waals surface area contributed by atoms with Crippen LogP contribution < -0.4 is 0 Å². The third-order valence-corrected chi connectivity index (χ3v) is 3.38. The van der Waals surface area contributed by atoms with E-state index in [2.05, 4.69) is 13.8 Å². The van der Waals surface area contributed by atoms with Gasteiger partial charge in [-0.05, 0) is 43.6 Å². The second-order valence-corrected chi connectivity index (χ2v) is 5.04. The molecule has 0 saturated carbocycles. The van der Waals surface area contributed by atoms with Gasteiger partial charge in [0, 0.05) is 0 Å². The van der Waals surface area contributed by atoms with Crippen LogP contribution in [0.15, 0.2) is 24.3 Å². The largest absolute Gasteiger partial charge is 0.480 e. The highest BCUT2D eigenvalue weighted by Crippen LogP contribution is 2.22. The minimum Gasteiger partial charge on any atom is -0.480 e. The van der Waals surface area contributed by atoms with Crippen molar-refractivity contribution in [2.24, 2.45) is 0 Å². The Morgan fingerprint density at radius 1 is 1.15 bits per heavy atom. The molecule has 1 aromatic carbocycles. The number of aliphatic carboxylic acids is 1. The van der Waals surface area contributed by atoms with Gasteiger partial charge in [0.25, 0.3) is 0 Å². The molecule has 0 amide bonds. The van der Waals surface area contributed by atoms with Gasteiger partial charge in [-0.25, -0.2) is 4.39 Å². The summed E-state index contributed by atoms with van der Waals surface area (Å²) in [6, 6.07) is 5.10. The predicted molar refractivity (Wildman–Crippen MR) is 78.2 cm³/mol. The topological polar surface area (TPSA) is 40.5 Å². The molecule has 20 heavy (non-hydrogen) atoms. The summed E-state index contributed by atoms with van der Waals surface area (Å²) in [5, 5.41) is 9.53. The molecule has 1 rings (SSSR count). The Bertz CT molecular complexity index is 397. The first-order valence-corrected chi connectivity index (χ1v) is 7.32. The first-order valence-electron chi connectivity index (χ1n) is 7.32. The molecular weight excluding hydrogens is 257 g/mol. The van der Waals surface area contributed by atoms with Crippen LogP contribution in [0.1, 0.15) is 51.1 Å². The van der Waals surface area contributed by atoms with Crippen molar-refractivity contribution in [3.05, 3.63) is 35.6 Å². The quantitative estimate of drug-likeness (QED) is 0.747. The molecule has 112 valence electrons. The minimum atomic E-state index is -0.871. The molecule has 3 nitrogen and oxygen atoms in total. The van der Waals surface area contributed by atoms with Crippen LogP contribution in [-0.2, 0) is 4.79 Å². The smallest absolute Gasteiger partial charge is 0.325 e. The van der Waals surface area contributed by atoms with E-state index in [1.807, 2.05) is 4.90 Å². The number of hydrogen-bond acceptors (Lipinski definition) is 2. The number of benzene rings is 1. The highest BCUT2D eigenvalue weighted by molar-refractivity contribution is 5.75. The van der Waals surface area contributed by atoms with Crippen LogP contribution in [0.4, 0.5) is 4.39 Å². The van der Waals surface area contributed by atoms with Crippen LogP contribution in [-0.4, -0.2) is 29.1 Å². The molecule has 0 aliphatic carbocycles. The lowest BCUT2D eigenvalue weighted by molar-refractivity contribution is -0.143. The highest BCUT2D eigenvalue weighted by Gasteiger charge is 2.26. The maximum absolute atomic E-state index is 13.0. The van der Waals surface area contributed by atoms with Gasteiger partial charge in [0.1, 0.15) is 11.9 Å². The molecular formula is C16H24FNO2. The van der Waals surface area contributed by atoms with Crippen molar-refractivity contribution in [2.45, 2.75) is 45.6 Å². The van der Waals surface area contributed by atoms with Crippen molar-refractivity contribution in [1.82, 2.24) is 4.90 Å². The van der Waals surface area contributed by atoms with Crippen LogP contribution in [0.25, 0.3) is 0 Å². The van der Waals surface area contributed by atoms with E-state index in [-0.39, 0.29) is 5.82 Å². The van der Waals surface area contributed by atoms with Crippen LogP contribution in [0.5, 0.6) is 0 Å². The van der Waals surface area contributed by atoms with Crippen molar-refractivity contribution >= 4 is 5.97 Å². The van der Waals surface area contributed by atoms with Crippen LogP contribution in [0, 0.1) is 5.82 Å². The first-order chi connectivity index (χ1) is 9.60. The lowest BCUT2D eigenvalue weighted by Gasteiger charge is -2.29. The second-order valence-electron chi connectivity index (χ2n) is 5.04. The van der Waals surface area contributed by atoms with Gasteiger partial charge in [0.05, 0.1) is 0 Å². The van der Waals surface area contributed by atoms with Crippen molar-refractivity contribution in [3.8, 4) is 0 Å². The Balaban J connectivity index is 2.93. The summed E-state index contributed by atoms with van der Waals surface area (Å²) in [7, 11) is 0. The van der Waals surface area contributed by atoms with E-state index >= 15 is 0 Å². The summed E-state index contributed by atoms with van der Waals surface area (Å²) in [5.41, 5.74) is 0.645. The number of carboxylic acids is 1. The molecule has 0 aliphatic heterocycles. The fraction of sp³-hybridized carbons (Fsp3) is 0.562. The van der Waals surface area contributed by atoms with Gasteiger partial charge in [0.2, 0.25) is 0 Å². The summed E-state index contributed by atoms with van der Waals surface area (Å²) < 4.78 is 13.0. The third-order valence-electron chi connectivity index (χ3n) is 3.38. The average molecular weight is 281 g/mol. The van der Waals surface area contributed by atoms with Gasteiger partial charge >= 0.3 is 5.97 Å². The number of hydrogen-bond donors (Lipinski definition) is 1. The maximum atomic E-state index is 13.0. The summed E-state index contributed by atoms with van der Waals surface area (Å²) in [6.45, 7) is 5.69. The lowest BCUT2D eigenvalue weighted by Crippen LogP contribution is -2.35. The van der Waals surface area contributed by atoms with Gasteiger partial charge in [-0.3, -0.25) is 9.69 Å². The number of nitrogens with zero attached hydrogens (tertiary/aromatic N) is 1. The Kier molecular flexibility index (Phi) is 7.23. The number of carbonyl (C=O) groups is 1. The molecule has 0 heterocycles. The molecule has 1 unspecified atom stereocenters. The van der Waals surface area contributed by atoms with Crippen molar-refractivity contribution < 1.29 is 14.3 Å². The summed E-state index contributed by atoms with van der Waals surface area (Å²) in [4.78, 5) is 13.6. The molecule has 1 N–H and O–H groups in total. The molecule has 0 aliphatic rings. The van der Waals surface area contributed by atoms with Gasteiger partial charge in [-0.2, -0.15) is 0 Å². The fourth-order valence-corrected chi connectivity index (χ4v) is 2.25. The van der Waals surface area contributed by atoms with Crippen LogP contribution in [0.2, 0.25) is 0 Å². The number of unbranched alkanes of at least 4 members (excludes halogenated alkanes) is 2. The van der Waals surface area contributed by atoms with E-state index < -0.39 is 12.0 Å². The predicted octanol–water partition coefficient (Wildman–Crippen LogP) is 3.85. The van der Waals surface area contributed by atoms with E-state index in [0.717, 1.165) is 38.8 Å². The number of rotatable bonds is 9. The normalized spacial score (nSPS) is 12.6. The zero-order chi connectivity index (χ0) is 15.0. The summed E-state index contributed by atoms with van der Waals surface area (Å²) in [6.07, 6.45) is 3.99. The highest BCUT2D eigenvalue weighted by atomic mass is 19.1. The van der Waals surface area contributed by atoms with Crippen molar-refractivity contribution in [1.29, 1.82) is 0 Å². The van der Waals surface area contributed by atoms with Gasteiger partial charge < -0.3 is 5.11 Å². The Labute approximate surface area is 120 Å². The second kappa shape index (κ2) is 8.69. The molecule has 0 saturated heterocycles. The Hall–Kier alpha value is -1.42. The standard InChI is InChI=1S/C16H24FNO2/c1-3-5-11-18(12-6-4-2)15(16(19)20)13-7-9-14(17)10-8-13/h7-10,15H,3-6,11-12H2,1-2H3,(H,19,20). The van der Waals surface area contributed by atoms with Crippen LogP contribution in [0.3, 0.4) is 0 Å². The van der Waals surface area contributed by atoms with Gasteiger partial charge in [0.15, 0.2) is 0 Å².